The van der Waals surface area contributed by atoms with Crippen molar-refractivity contribution in [3.8, 4) is 0 Å². The number of benzene rings is 1. The maximum absolute atomic E-state index is 2.45. The molecule has 0 nitrogen and oxygen atoms in total. The summed E-state index contributed by atoms with van der Waals surface area (Å²) in [4.78, 5) is 0. The zero-order valence-corrected chi connectivity index (χ0v) is 10.0. The normalized spacial score (nSPS) is 20.8. The number of hydrogen-bond donors (Lipinski definition) is 0. The highest BCUT2D eigenvalue weighted by molar-refractivity contribution is 6.88. The molecule has 0 spiro atoms. The van der Waals surface area contributed by atoms with Gasteiger partial charge in [0.1, 0.15) is 0 Å². The van der Waals surface area contributed by atoms with Crippen LogP contribution in [0.25, 0.3) is 0 Å². The molecule has 0 saturated carbocycles. The molecule has 1 aliphatic rings. The van der Waals surface area contributed by atoms with Gasteiger partial charge in [-0.15, -0.1) is 0 Å². The maximum atomic E-state index is 2.45. The van der Waals surface area contributed by atoms with Crippen LogP contribution in [-0.2, 0) is 6.42 Å². The molecule has 0 aromatic heterocycles. The molecule has 0 aliphatic heterocycles. The third kappa shape index (κ3) is 1.46. The van der Waals surface area contributed by atoms with Gasteiger partial charge in [-0.3, -0.25) is 0 Å². The van der Waals surface area contributed by atoms with Crippen LogP contribution in [0, 0.1) is 0 Å². The lowest BCUT2D eigenvalue weighted by molar-refractivity contribution is 0.668. The molecule has 1 atom stereocenters. The van der Waals surface area contributed by atoms with Crippen molar-refractivity contribution < 1.29 is 0 Å². The first kappa shape index (κ1) is 9.01. The molecule has 0 saturated heterocycles. The van der Waals surface area contributed by atoms with Crippen molar-refractivity contribution in [2.45, 2.75) is 38.9 Å². The Morgan fingerprint density at radius 1 is 1.23 bits per heavy atom. The fourth-order valence-electron chi connectivity index (χ4n) is 2.04. The zero-order chi connectivity index (χ0) is 9.64. The van der Waals surface area contributed by atoms with Gasteiger partial charge < -0.3 is 0 Å². The third-order valence-corrected chi connectivity index (χ3v) is 5.11. The van der Waals surface area contributed by atoms with Crippen LogP contribution in [-0.4, -0.2) is 8.07 Å². The second kappa shape index (κ2) is 2.71. The largest absolute Gasteiger partial charge is 0.0776 e. The van der Waals surface area contributed by atoms with Crippen LogP contribution in [0.2, 0.25) is 19.6 Å². The lowest BCUT2D eigenvalue weighted by Crippen LogP contribution is -2.38. The van der Waals surface area contributed by atoms with Gasteiger partial charge in [-0.2, -0.15) is 0 Å². The Hall–Kier alpha value is -0.563. The average molecular weight is 190 g/mol. The van der Waals surface area contributed by atoms with Crippen LogP contribution < -0.4 is 5.19 Å². The predicted octanol–water partition coefficient (Wildman–Crippen LogP) is 2.89. The van der Waals surface area contributed by atoms with Crippen LogP contribution in [0.5, 0.6) is 0 Å². The first-order valence-corrected chi connectivity index (χ1v) is 8.62. The Bertz CT molecular complexity index is 333. The zero-order valence-electron chi connectivity index (χ0n) is 9.02. The molecular formula is C12H18Si. The number of hydrogen-bond acceptors (Lipinski definition) is 0. The van der Waals surface area contributed by atoms with E-state index >= 15 is 0 Å². The van der Waals surface area contributed by atoms with E-state index in [1.807, 2.05) is 0 Å². The molecule has 0 amide bonds. The Morgan fingerprint density at radius 3 is 2.38 bits per heavy atom. The fourth-order valence-corrected chi connectivity index (χ4v) is 3.23. The van der Waals surface area contributed by atoms with Crippen LogP contribution in [0.4, 0.5) is 0 Å². The SMILES string of the molecule is CC1Cc2cc([Si](C)(C)C)ccc21. The van der Waals surface area contributed by atoms with Gasteiger partial charge in [0.2, 0.25) is 0 Å². The van der Waals surface area contributed by atoms with Crippen molar-refractivity contribution in [2.24, 2.45) is 0 Å². The molecule has 1 aliphatic carbocycles. The van der Waals surface area contributed by atoms with Crippen molar-refractivity contribution in [3.63, 3.8) is 0 Å². The average Bonchev–Trinajstić information content (AvgIpc) is 2.00. The van der Waals surface area contributed by atoms with Gasteiger partial charge in [0.15, 0.2) is 0 Å². The summed E-state index contributed by atoms with van der Waals surface area (Å²) in [5.41, 5.74) is 3.19. The molecule has 1 heteroatoms. The van der Waals surface area contributed by atoms with Crippen LogP contribution in [0.15, 0.2) is 18.2 Å². The highest BCUT2D eigenvalue weighted by Gasteiger charge is 2.24. The van der Waals surface area contributed by atoms with Gasteiger partial charge in [0.05, 0.1) is 8.07 Å². The predicted molar refractivity (Wildman–Crippen MR) is 61.5 cm³/mol. The summed E-state index contributed by atoms with van der Waals surface area (Å²) in [7, 11) is -1.08. The molecule has 1 aromatic rings. The third-order valence-electron chi connectivity index (χ3n) is 3.07. The second-order valence-corrected chi connectivity index (χ2v) is 10.3. The van der Waals surface area contributed by atoms with Crippen molar-refractivity contribution in [3.05, 3.63) is 29.3 Å². The summed E-state index contributed by atoms with van der Waals surface area (Å²) in [5, 5.41) is 1.61. The van der Waals surface area contributed by atoms with E-state index in [-0.39, 0.29) is 0 Å². The van der Waals surface area contributed by atoms with E-state index in [1.54, 1.807) is 16.3 Å². The van der Waals surface area contributed by atoms with Crippen molar-refractivity contribution >= 4 is 13.3 Å². The number of fused-ring (bicyclic) bond motifs is 1. The van der Waals surface area contributed by atoms with Gasteiger partial charge in [-0.25, -0.2) is 0 Å². The van der Waals surface area contributed by atoms with E-state index in [1.165, 1.54) is 6.42 Å². The van der Waals surface area contributed by atoms with E-state index < -0.39 is 8.07 Å². The van der Waals surface area contributed by atoms with Crippen molar-refractivity contribution in [1.29, 1.82) is 0 Å². The van der Waals surface area contributed by atoms with E-state index in [0.717, 1.165) is 5.92 Å². The smallest absolute Gasteiger partial charge is 0.0656 e. The minimum absolute atomic E-state index is 0.811. The van der Waals surface area contributed by atoms with Crippen molar-refractivity contribution in [2.75, 3.05) is 0 Å². The van der Waals surface area contributed by atoms with E-state index in [0.29, 0.717) is 0 Å². The molecule has 13 heavy (non-hydrogen) atoms. The van der Waals surface area contributed by atoms with Crippen LogP contribution in [0.3, 0.4) is 0 Å². The Kier molecular flexibility index (Phi) is 1.88. The summed E-state index contributed by atoms with van der Waals surface area (Å²) < 4.78 is 0. The lowest BCUT2D eigenvalue weighted by Gasteiger charge is -2.29. The molecule has 2 rings (SSSR count). The first-order chi connectivity index (χ1) is 5.98. The van der Waals surface area contributed by atoms with Gasteiger partial charge in [-0.05, 0) is 23.5 Å². The van der Waals surface area contributed by atoms with Gasteiger partial charge >= 0.3 is 0 Å². The standard InChI is InChI=1S/C12H18Si/c1-9-7-10-8-11(13(2,3)4)5-6-12(9)10/h5-6,8-9H,7H2,1-4H3. The van der Waals surface area contributed by atoms with Gasteiger partial charge in [-0.1, -0.05) is 50.0 Å². The molecule has 1 unspecified atom stereocenters. The fraction of sp³-hybridized carbons (Fsp3) is 0.500. The first-order valence-electron chi connectivity index (χ1n) is 5.12. The Balaban J connectivity index is 2.39. The monoisotopic (exact) mass is 190 g/mol. The number of rotatable bonds is 1. The van der Waals surface area contributed by atoms with E-state index in [9.17, 15) is 0 Å². The Morgan fingerprint density at radius 2 is 1.92 bits per heavy atom. The van der Waals surface area contributed by atoms with E-state index in [2.05, 4.69) is 44.8 Å². The second-order valence-electron chi connectivity index (χ2n) is 5.27. The van der Waals surface area contributed by atoms with Crippen LogP contribution in [0.1, 0.15) is 24.0 Å². The summed E-state index contributed by atoms with van der Waals surface area (Å²) >= 11 is 0. The molecule has 0 radical (unpaired) electrons. The Labute approximate surface area is 82.0 Å². The minimum Gasteiger partial charge on any atom is -0.0656 e. The quantitative estimate of drug-likeness (QED) is 0.597. The highest BCUT2D eigenvalue weighted by atomic mass is 28.3. The topological polar surface area (TPSA) is 0 Å². The summed E-state index contributed by atoms with van der Waals surface area (Å²) in [6.07, 6.45) is 1.30. The highest BCUT2D eigenvalue weighted by Crippen LogP contribution is 2.33. The summed E-state index contributed by atoms with van der Waals surface area (Å²) in [5.74, 6) is 0.811. The molecular weight excluding hydrogens is 172 g/mol. The summed E-state index contributed by atoms with van der Waals surface area (Å²) in [6, 6.07) is 7.14. The molecule has 0 bridgehead atoms. The molecule has 0 fully saturated rings. The maximum Gasteiger partial charge on any atom is 0.0776 e. The van der Waals surface area contributed by atoms with E-state index in [4.69, 9.17) is 0 Å². The molecule has 0 heterocycles. The molecule has 0 N–H and O–H groups in total. The molecule has 1 aromatic carbocycles. The lowest BCUT2D eigenvalue weighted by atomic mass is 9.79. The van der Waals surface area contributed by atoms with Crippen molar-refractivity contribution in [1.82, 2.24) is 0 Å². The minimum atomic E-state index is -1.08. The summed E-state index contributed by atoms with van der Waals surface area (Å²) in [6.45, 7) is 9.56. The van der Waals surface area contributed by atoms with Gasteiger partial charge in [0.25, 0.3) is 0 Å². The van der Waals surface area contributed by atoms with Gasteiger partial charge in [0, 0.05) is 0 Å². The molecule has 70 valence electrons. The van der Waals surface area contributed by atoms with Crippen LogP contribution >= 0.6 is 0 Å².